The maximum Gasteiger partial charge on any atom is 0.0656 e. The van der Waals surface area contributed by atoms with Crippen molar-refractivity contribution < 1.29 is 5.11 Å². The number of nitrogens with zero attached hydrogens (tertiary/aromatic N) is 1. The Kier molecular flexibility index (Phi) is 4.63. The molecule has 0 bridgehead atoms. The van der Waals surface area contributed by atoms with Gasteiger partial charge in [-0.3, -0.25) is 0 Å². The molecule has 3 N–H and O–H groups in total. The van der Waals surface area contributed by atoms with E-state index in [9.17, 15) is 5.11 Å². The van der Waals surface area contributed by atoms with Crippen molar-refractivity contribution in [2.45, 2.75) is 37.6 Å². The van der Waals surface area contributed by atoms with Gasteiger partial charge in [0.2, 0.25) is 0 Å². The van der Waals surface area contributed by atoms with Gasteiger partial charge >= 0.3 is 0 Å². The van der Waals surface area contributed by atoms with Crippen LogP contribution < -0.4 is 5.73 Å². The van der Waals surface area contributed by atoms with Crippen LogP contribution in [0.15, 0.2) is 30.3 Å². The van der Waals surface area contributed by atoms with Crippen molar-refractivity contribution in [3.8, 4) is 0 Å². The van der Waals surface area contributed by atoms with Crippen LogP contribution in [0.5, 0.6) is 0 Å². The monoisotopic (exact) mass is 288 g/mol. The van der Waals surface area contributed by atoms with Crippen LogP contribution in [0.25, 0.3) is 0 Å². The molecule has 1 aromatic carbocycles. The predicted octanol–water partition coefficient (Wildman–Crippen LogP) is 2.34. The Morgan fingerprint density at radius 3 is 2.10 bits per heavy atom. The molecule has 3 heteroatoms. The Hall–Kier alpha value is -0.900. The molecule has 21 heavy (non-hydrogen) atoms. The van der Waals surface area contributed by atoms with E-state index in [0.717, 1.165) is 30.4 Å². The van der Waals surface area contributed by atoms with Crippen LogP contribution in [0.3, 0.4) is 0 Å². The number of rotatable bonds is 9. The average molecular weight is 288 g/mol. The highest BCUT2D eigenvalue weighted by molar-refractivity contribution is 5.24. The number of benzene rings is 1. The quantitative estimate of drug-likeness (QED) is 0.733. The van der Waals surface area contributed by atoms with E-state index in [4.69, 9.17) is 5.73 Å². The highest BCUT2D eigenvalue weighted by atomic mass is 16.3. The number of hydrogen-bond donors (Lipinski definition) is 2. The Morgan fingerprint density at radius 1 is 1.05 bits per heavy atom. The van der Waals surface area contributed by atoms with Crippen molar-refractivity contribution in [3.63, 3.8) is 0 Å². The van der Waals surface area contributed by atoms with Gasteiger partial charge in [0.15, 0.2) is 0 Å². The van der Waals surface area contributed by atoms with Crippen molar-refractivity contribution in [2.24, 2.45) is 17.6 Å². The molecule has 0 spiro atoms. The Morgan fingerprint density at radius 2 is 1.62 bits per heavy atom. The Balaban J connectivity index is 1.58. The molecule has 1 atom stereocenters. The second-order valence-corrected chi connectivity index (χ2v) is 7.08. The lowest BCUT2D eigenvalue weighted by Gasteiger charge is -2.31. The number of aliphatic hydroxyl groups excluding tert-OH is 1. The second-order valence-electron chi connectivity index (χ2n) is 7.08. The van der Waals surface area contributed by atoms with Crippen molar-refractivity contribution in [3.05, 3.63) is 35.9 Å². The molecule has 3 nitrogen and oxygen atoms in total. The van der Waals surface area contributed by atoms with Gasteiger partial charge in [-0.25, -0.2) is 0 Å². The van der Waals surface area contributed by atoms with Crippen molar-refractivity contribution in [1.82, 2.24) is 4.90 Å². The smallest absolute Gasteiger partial charge is 0.0656 e. The van der Waals surface area contributed by atoms with Crippen LogP contribution >= 0.6 is 0 Å². The fourth-order valence-corrected chi connectivity index (χ4v) is 3.03. The van der Waals surface area contributed by atoms with Crippen LogP contribution in [-0.2, 0) is 5.54 Å². The SMILES string of the molecule is NC(CO)(CCN(CC1CC1)CC1CC1)c1ccccc1. The fraction of sp³-hybridized carbons (Fsp3) is 0.667. The van der Waals surface area contributed by atoms with Gasteiger partial charge in [0, 0.05) is 19.6 Å². The van der Waals surface area contributed by atoms with E-state index in [1.165, 1.54) is 38.8 Å². The molecule has 0 aliphatic heterocycles. The van der Waals surface area contributed by atoms with Crippen molar-refractivity contribution >= 4 is 0 Å². The summed E-state index contributed by atoms with van der Waals surface area (Å²) in [6.45, 7) is 3.47. The van der Waals surface area contributed by atoms with E-state index < -0.39 is 5.54 Å². The van der Waals surface area contributed by atoms with E-state index in [-0.39, 0.29) is 6.61 Å². The molecule has 2 aliphatic rings. The largest absolute Gasteiger partial charge is 0.394 e. The normalized spacial score (nSPS) is 21.5. The fourth-order valence-electron chi connectivity index (χ4n) is 3.03. The molecule has 3 rings (SSSR count). The molecular formula is C18H28N2O. The minimum absolute atomic E-state index is 0.0116. The summed E-state index contributed by atoms with van der Waals surface area (Å²) >= 11 is 0. The van der Waals surface area contributed by atoms with E-state index >= 15 is 0 Å². The summed E-state index contributed by atoms with van der Waals surface area (Å²) in [7, 11) is 0. The molecule has 0 amide bonds. The average Bonchev–Trinajstić information content (AvgIpc) is 3.42. The molecule has 0 radical (unpaired) electrons. The molecule has 0 saturated heterocycles. The summed E-state index contributed by atoms with van der Waals surface area (Å²) in [4.78, 5) is 2.59. The summed E-state index contributed by atoms with van der Waals surface area (Å²) in [5, 5.41) is 9.80. The van der Waals surface area contributed by atoms with Crippen LogP contribution in [0.1, 0.15) is 37.7 Å². The third-order valence-electron chi connectivity index (χ3n) is 4.93. The first-order valence-corrected chi connectivity index (χ1v) is 8.37. The van der Waals surface area contributed by atoms with Crippen LogP contribution in [0.4, 0.5) is 0 Å². The molecular weight excluding hydrogens is 260 g/mol. The second kappa shape index (κ2) is 6.47. The summed E-state index contributed by atoms with van der Waals surface area (Å²) in [5.74, 6) is 1.84. The first kappa shape index (κ1) is 15.0. The minimum atomic E-state index is -0.605. The van der Waals surface area contributed by atoms with Crippen LogP contribution in [0.2, 0.25) is 0 Å². The van der Waals surface area contributed by atoms with Gasteiger partial charge in [0.25, 0.3) is 0 Å². The summed E-state index contributed by atoms with van der Waals surface area (Å²) in [6.07, 6.45) is 6.41. The highest BCUT2D eigenvalue weighted by Crippen LogP contribution is 2.34. The van der Waals surface area contributed by atoms with Gasteiger partial charge in [-0.1, -0.05) is 30.3 Å². The van der Waals surface area contributed by atoms with E-state index in [0.29, 0.717) is 0 Å². The Bertz CT molecular complexity index is 428. The summed E-state index contributed by atoms with van der Waals surface area (Å²) < 4.78 is 0. The zero-order chi connectivity index (χ0) is 14.7. The first-order valence-electron chi connectivity index (χ1n) is 8.37. The van der Waals surface area contributed by atoms with Gasteiger partial charge in [-0.05, 0) is 49.5 Å². The molecule has 2 saturated carbocycles. The lowest BCUT2D eigenvalue weighted by atomic mass is 9.88. The third kappa shape index (κ3) is 4.29. The minimum Gasteiger partial charge on any atom is -0.394 e. The van der Waals surface area contributed by atoms with Gasteiger partial charge in [0.1, 0.15) is 0 Å². The zero-order valence-electron chi connectivity index (χ0n) is 12.9. The Labute approximate surface area is 128 Å². The first-order chi connectivity index (χ1) is 10.2. The molecule has 0 aromatic heterocycles. The number of nitrogens with two attached hydrogens (primary N) is 1. The molecule has 2 aliphatic carbocycles. The van der Waals surface area contributed by atoms with Gasteiger partial charge in [-0.15, -0.1) is 0 Å². The number of hydrogen-bond acceptors (Lipinski definition) is 3. The van der Waals surface area contributed by atoms with E-state index in [1.807, 2.05) is 30.3 Å². The van der Waals surface area contributed by atoms with Crippen LogP contribution in [0, 0.1) is 11.8 Å². The van der Waals surface area contributed by atoms with Crippen LogP contribution in [-0.4, -0.2) is 36.2 Å². The summed E-state index contributed by atoms with van der Waals surface area (Å²) in [5.41, 5.74) is 6.93. The highest BCUT2D eigenvalue weighted by Gasteiger charge is 2.32. The van der Waals surface area contributed by atoms with Gasteiger partial charge in [0.05, 0.1) is 12.1 Å². The molecule has 1 unspecified atom stereocenters. The molecule has 116 valence electrons. The molecule has 1 aromatic rings. The van der Waals surface area contributed by atoms with Crippen molar-refractivity contribution in [1.29, 1.82) is 0 Å². The predicted molar refractivity (Wildman–Crippen MR) is 85.9 cm³/mol. The topological polar surface area (TPSA) is 49.5 Å². The maximum atomic E-state index is 9.80. The lowest BCUT2D eigenvalue weighted by Crippen LogP contribution is -2.44. The van der Waals surface area contributed by atoms with E-state index in [1.54, 1.807) is 0 Å². The lowest BCUT2D eigenvalue weighted by molar-refractivity contribution is 0.158. The number of aliphatic hydroxyl groups is 1. The van der Waals surface area contributed by atoms with E-state index in [2.05, 4.69) is 4.90 Å². The molecule has 2 fully saturated rings. The standard InChI is InChI=1S/C18H28N2O/c19-18(14-21,17-4-2-1-3-5-17)10-11-20(12-15-6-7-15)13-16-8-9-16/h1-5,15-16,21H,6-14,19H2. The van der Waals surface area contributed by atoms with Gasteiger partial charge in [-0.2, -0.15) is 0 Å². The van der Waals surface area contributed by atoms with Crippen molar-refractivity contribution in [2.75, 3.05) is 26.2 Å². The maximum absolute atomic E-state index is 9.80. The summed E-state index contributed by atoms with van der Waals surface area (Å²) in [6, 6.07) is 10.1. The zero-order valence-corrected chi connectivity index (χ0v) is 12.9. The third-order valence-corrected chi connectivity index (χ3v) is 4.93. The molecule has 0 heterocycles. The van der Waals surface area contributed by atoms with Gasteiger partial charge < -0.3 is 15.7 Å².